The fourth-order valence-corrected chi connectivity index (χ4v) is 2.79. The number of nitro groups is 1. The summed E-state index contributed by atoms with van der Waals surface area (Å²) in [4.78, 5) is 12.8. The van der Waals surface area contributed by atoms with Gasteiger partial charge < -0.3 is 15.4 Å². The van der Waals surface area contributed by atoms with Crippen LogP contribution in [0, 0.1) is 16.0 Å². The van der Waals surface area contributed by atoms with Crippen LogP contribution in [0.5, 0.6) is 5.75 Å². The summed E-state index contributed by atoms with van der Waals surface area (Å²) in [6.07, 6.45) is 1.83. The van der Waals surface area contributed by atoms with Crippen molar-refractivity contribution in [2.75, 3.05) is 24.6 Å². The summed E-state index contributed by atoms with van der Waals surface area (Å²) in [7, 11) is 0. The first-order valence-corrected chi connectivity index (χ1v) is 7.43. The molecule has 1 aliphatic rings. The molecule has 0 amide bonds. The van der Waals surface area contributed by atoms with Crippen molar-refractivity contribution in [2.24, 2.45) is 11.7 Å². The molecule has 2 unspecified atom stereocenters. The fourth-order valence-electron chi connectivity index (χ4n) is 2.79. The van der Waals surface area contributed by atoms with Gasteiger partial charge in [0.25, 0.3) is 0 Å². The zero-order valence-corrected chi connectivity index (χ0v) is 12.6. The molecule has 1 aliphatic heterocycles. The van der Waals surface area contributed by atoms with Gasteiger partial charge in [-0.1, -0.05) is 13.8 Å². The molecule has 1 fully saturated rings. The Labute approximate surface area is 125 Å². The molecule has 2 atom stereocenters. The summed E-state index contributed by atoms with van der Waals surface area (Å²) in [5.41, 5.74) is 7.02. The van der Waals surface area contributed by atoms with Crippen LogP contribution in [0.15, 0.2) is 18.2 Å². The minimum Gasteiger partial charge on any atom is -0.487 e. The zero-order valence-electron chi connectivity index (χ0n) is 12.6. The zero-order chi connectivity index (χ0) is 15.4. The lowest BCUT2D eigenvalue weighted by atomic mass is 9.96. The molecule has 0 bridgehead atoms. The highest BCUT2D eigenvalue weighted by Gasteiger charge is 2.24. The van der Waals surface area contributed by atoms with Gasteiger partial charge in [-0.2, -0.15) is 0 Å². The van der Waals surface area contributed by atoms with E-state index in [0.29, 0.717) is 18.3 Å². The van der Waals surface area contributed by atoms with Gasteiger partial charge in [0, 0.05) is 37.0 Å². The molecule has 1 aromatic rings. The van der Waals surface area contributed by atoms with Crippen molar-refractivity contribution in [1.82, 2.24) is 0 Å². The maximum absolute atomic E-state index is 11.1. The lowest BCUT2D eigenvalue weighted by molar-refractivity contribution is -0.385. The van der Waals surface area contributed by atoms with E-state index in [9.17, 15) is 10.1 Å². The number of rotatable bonds is 5. The number of nitrogens with zero attached hydrogens (tertiary/aromatic N) is 2. The van der Waals surface area contributed by atoms with Crippen molar-refractivity contribution in [2.45, 2.75) is 32.7 Å². The van der Waals surface area contributed by atoms with Gasteiger partial charge in [0.05, 0.1) is 11.5 Å². The van der Waals surface area contributed by atoms with E-state index in [2.05, 4.69) is 11.8 Å². The third kappa shape index (κ3) is 3.85. The number of anilines is 1. The molecule has 1 heterocycles. The van der Waals surface area contributed by atoms with E-state index in [0.717, 1.165) is 31.6 Å². The normalized spacial score (nSPS) is 22.1. The van der Waals surface area contributed by atoms with Gasteiger partial charge in [-0.05, 0) is 24.8 Å². The molecule has 0 radical (unpaired) electrons. The second kappa shape index (κ2) is 6.76. The van der Waals surface area contributed by atoms with Crippen LogP contribution in [0.2, 0.25) is 0 Å². The van der Waals surface area contributed by atoms with Gasteiger partial charge >= 0.3 is 5.69 Å². The Hall–Kier alpha value is -1.82. The summed E-state index contributed by atoms with van der Waals surface area (Å²) in [6, 6.07) is 5.20. The summed E-state index contributed by atoms with van der Waals surface area (Å²) >= 11 is 0. The van der Waals surface area contributed by atoms with Crippen LogP contribution < -0.4 is 15.4 Å². The Kier molecular flexibility index (Phi) is 5.01. The highest BCUT2D eigenvalue weighted by Crippen LogP contribution is 2.33. The predicted molar refractivity (Wildman–Crippen MR) is 82.9 cm³/mol. The van der Waals surface area contributed by atoms with Crippen molar-refractivity contribution in [3.8, 4) is 5.75 Å². The average Bonchev–Trinajstić information content (AvgIpc) is 2.43. The smallest absolute Gasteiger partial charge is 0.311 e. The molecule has 0 aromatic heterocycles. The van der Waals surface area contributed by atoms with Crippen molar-refractivity contribution in [3.63, 3.8) is 0 Å². The Bertz CT molecular complexity index is 497. The van der Waals surface area contributed by atoms with Crippen LogP contribution in [-0.2, 0) is 0 Å². The largest absolute Gasteiger partial charge is 0.487 e. The number of hydrogen-bond donors (Lipinski definition) is 1. The van der Waals surface area contributed by atoms with Crippen LogP contribution >= 0.6 is 0 Å². The maximum atomic E-state index is 11.1. The maximum Gasteiger partial charge on any atom is 0.311 e. The van der Waals surface area contributed by atoms with Crippen LogP contribution in [0.3, 0.4) is 0 Å². The van der Waals surface area contributed by atoms with Gasteiger partial charge in [-0.15, -0.1) is 0 Å². The minimum absolute atomic E-state index is 0.0153. The Morgan fingerprint density at radius 1 is 1.48 bits per heavy atom. The number of piperidine rings is 1. The highest BCUT2D eigenvalue weighted by molar-refractivity contribution is 5.59. The van der Waals surface area contributed by atoms with E-state index >= 15 is 0 Å². The molecule has 1 aromatic carbocycles. The second-order valence-corrected chi connectivity index (χ2v) is 5.76. The molecular weight excluding hydrogens is 270 g/mol. The van der Waals surface area contributed by atoms with Crippen molar-refractivity contribution in [3.05, 3.63) is 28.3 Å². The standard InChI is InChI=1S/C15H23N3O3/c1-3-6-21-15-8-13(4-5-14(15)18(19)20)17-9-11(2)7-12(16)10-17/h4-5,8,11-12H,3,6-7,9-10,16H2,1-2H3. The summed E-state index contributed by atoms with van der Waals surface area (Å²) in [5, 5.41) is 11.1. The van der Waals surface area contributed by atoms with Gasteiger partial charge in [-0.3, -0.25) is 10.1 Å². The molecule has 1 saturated heterocycles. The second-order valence-electron chi connectivity index (χ2n) is 5.76. The third-order valence-electron chi connectivity index (χ3n) is 3.66. The average molecular weight is 293 g/mol. The fraction of sp³-hybridized carbons (Fsp3) is 0.600. The molecule has 0 aliphatic carbocycles. The molecular formula is C15H23N3O3. The molecule has 6 nitrogen and oxygen atoms in total. The Morgan fingerprint density at radius 3 is 2.86 bits per heavy atom. The molecule has 116 valence electrons. The van der Waals surface area contributed by atoms with Gasteiger partial charge in [0.2, 0.25) is 0 Å². The number of nitrogens with two attached hydrogens (primary N) is 1. The topological polar surface area (TPSA) is 81.6 Å². The molecule has 0 spiro atoms. The van der Waals surface area contributed by atoms with Gasteiger partial charge in [-0.25, -0.2) is 0 Å². The molecule has 21 heavy (non-hydrogen) atoms. The minimum atomic E-state index is -0.403. The third-order valence-corrected chi connectivity index (χ3v) is 3.66. The monoisotopic (exact) mass is 293 g/mol. The first-order valence-electron chi connectivity index (χ1n) is 7.43. The van der Waals surface area contributed by atoms with Crippen LogP contribution in [-0.4, -0.2) is 30.7 Å². The van der Waals surface area contributed by atoms with E-state index in [1.54, 1.807) is 12.1 Å². The number of nitro benzene ring substituents is 1. The molecule has 2 N–H and O–H groups in total. The lowest BCUT2D eigenvalue weighted by Crippen LogP contribution is -2.46. The highest BCUT2D eigenvalue weighted by atomic mass is 16.6. The summed E-state index contributed by atoms with van der Waals surface area (Å²) in [6.45, 7) is 6.31. The SMILES string of the molecule is CCCOc1cc(N2CC(C)CC(N)C2)ccc1[N+](=O)[O-]. The van der Waals surface area contributed by atoms with Crippen LogP contribution in [0.1, 0.15) is 26.7 Å². The first-order chi connectivity index (χ1) is 10.0. The quantitative estimate of drug-likeness (QED) is 0.666. The van der Waals surface area contributed by atoms with Gasteiger partial charge in [0.15, 0.2) is 5.75 Å². The van der Waals surface area contributed by atoms with Crippen molar-refractivity contribution >= 4 is 11.4 Å². The number of benzene rings is 1. The Balaban J connectivity index is 2.25. The van der Waals surface area contributed by atoms with Gasteiger partial charge in [0.1, 0.15) is 0 Å². The van der Waals surface area contributed by atoms with Crippen molar-refractivity contribution < 1.29 is 9.66 Å². The van der Waals surface area contributed by atoms with Crippen molar-refractivity contribution in [1.29, 1.82) is 0 Å². The van der Waals surface area contributed by atoms with Crippen LogP contribution in [0.4, 0.5) is 11.4 Å². The lowest BCUT2D eigenvalue weighted by Gasteiger charge is -2.36. The summed E-state index contributed by atoms with van der Waals surface area (Å²) in [5.74, 6) is 0.857. The first kappa shape index (κ1) is 15.6. The van der Waals surface area contributed by atoms with E-state index in [-0.39, 0.29) is 11.7 Å². The molecule has 0 saturated carbocycles. The Morgan fingerprint density at radius 2 is 2.24 bits per heavy atom. The molecule has 6 heteroatoms. The molecule has 2 rings (SSSR count). The number of hydrogen-bond acceptors (Lipinski definition) is 5. The number of ether oxygens (including phenoxy) is 1. The summed E-state index contributed by atoms with van der Waals surface area (Å²) < 4.78 is 5.53. The van der Waals surface area contributed by atoms with E-state index in [4.69, 9.17) is 10.5 Å². The van der Waals surface area contributed by atoms with Crippen LogP contribution in [0.25, 0.3) is 0 Å². The van der Waals surface area contributed by atoms with E-state index < -0.39 is 4.92 Å². The predicted octanol–water partition coefficient (Wildman–Crippen LogP) is 2.56. The van der Waals surface area contributed by atoms with E-state index in [1.165, 1.54) is 6.07 Å². The van der Waals surface area contributed by atoms with E-state index in [1.807, 2.05) is 6.92 Å².